The molecule has 2 aliphatic rings. The van der Waals surface area contributed by atoms with Gasteiger partial charge in [-0.15, -0.1) is 0 Å². The Morgan fingerprint density at radius 2 is 2.17 bits per heavy atom. The lowest BCUT2D eigenvalue weighted by Crippen LogP contribution is -2.37. The quantitative estimate of drug-likeness (QED) is 0.713. The van der Waals surface area contributed by atoms with Crippen LogP contribution in [-0.2, 0) is 4.74 Å². The minimum atomic E-state index is -0.627. The third kappa shape index (κ3) is 4.10. The number of anilines is 2. The molecule has 3 heterocycles. The molecule has 0 bridgehead atoms. The molecule has 3 N–H and O–H groups in total. The van der Waals surface area contributed by atoms with Crippen LogP contribution in [0.1, 0.15) is 32.1 Å². The summed E-state index contributed by atoms with van der Waals surface area (Å²) in [6.45, 7) is 3.00. The van der Waals surface area contributed by atoms with Gasteiger partial charge in [0.2, 0.25) is 0 Å². The number of nitrogens with one attached hydrogen (secondary N) is 1. The molecule has 0 saturated carbocycles. The van der Waals surface area contributed by atoms with Crippen molar-refractivity contribution >= 4 is 11.6 Å². The van der Waals surface area contributed by atoms with Crippen LogP contribution in [0.3, 0.4) is 0 Å². The molecule has 0 radical (unpaired) electrons. The molecule has 0 aromatic carbocycles. The number of nitrogens with zero attached hydrogens (tertiary/aromatic N) is 3. The summed E-state index contributed by atoms with van der Waals surface area (Å²) in [5, 5.41) is 23.2. The van der Waals surface area contributed by atoms with Crippen molar-refractivity contribution < 1.29 is 14.9 Å². The molecule has 1 aromatic heterocycles. The number of aromatic nitrogens is 2. The minimum Gasteiger partial charge on any atom is -0.394 e. The molecule has 7 heteroatoms. The van der Waals surface area contributed by atoms with Crippen LogP contribution in [0.2, 0.25) is 0 Å². The van der Waals surface area contributed by atoms with E-state index in [1.807, 2.05) is 6.07 Å². The van der Waals surface area contributed by atoms with Gasteiger partial charge < -0.3 is 25.2 Å². The fourth-order valence-electron chi connectivity index (χ4n) is 3.35. The highest BCUT2D eigenvalue weighted by molar-refractivity contribution is 5.49. The number of aliphatic hydroxyl groups is 2. The van der Waals surface area contributed by atoms with Crippen molar-refractivity contribution in [3.8, 4) is 0 Å². The van der Waals surface area contributed by atoms with Crippen molar-refractivity contribution in [1.82, 2.24) is 9.97 Å². The number of rotatable bonds is 6. The van der Waals surface area contributed by atoms with Gasteiger partial charge in [-0.1, -0.05) is 0 Å². The molecular formula is C16H26N4O3. The van der Waals surface area contributed by atoms with E-state index < -0.39 is 5.60 Å². The van der Waals surface area contributed by atoms with Gasteiger partial charge >= 0.3 is 0 Å². The first-order valence-electron chi connectivity index (χ1n) is 8.44. The van der Waals surface area contributed by atoms with E-state index in [0.717, 1.165) is 31.0 Å². The lowest BCUT2D eigenvalue weighted by atomic mass is 9.91. The second-order valence-corrected chi connectivity index (χ2v) is 6.45. The van der Waals surface area contributed by atoms with Crippen molar-refractivity contribution in [3.63, 3.8) is 0 Å². The summed E-state index contributed by atoms with van der Waals surface area (Å²) in [6, 6.07) is 2.07. The van der Waals surface area contributed by atoms with E-state index in [4.69, 9.17) is 4.74 Å². The summed E-state index contributed by atoms with van der Waals surface area (Å²) >= 11 is 0. The first-order valence-corrected chi connectivity index (χ1v) is 8.44. The van der Waals surface area contributed by atoms with Crippen LogP contribution >= 0.6 is 0 Å². The van der Waals surface area contributed by atoms with Crippen LogP contribution in [0.15, 0.2) is 12.4 Å². The summed E-state index contributed by atoms with van der Waals surface area (Å²) < 4.78 is 5.30. The van der Waals surface area contributed by atoms with Crippen molar-refractivity contribution in [1.29, 1.82) is 0 Å². The van der Waals surface area contributed by atoms with Gasteiger partial charge in [-0.3, -0.25) is 0 Å². The smallest absolute Gasteiger partial charge is 0.134 e. The zero-order valence-electron chi connectivity index (χ0n) is 13.4. The van der Waals surface area contributed by atoms with Crippen molar-refractivity contribution in [2.24, 2.45) is 0 Å². The second kappa shape index (κ2) is 7.42. The highest BCUT2D eigenvalue weighted by Crippen LogP contribution is 2.26. The molecule has 7 nitrogen and oxygen atoms in total. The van der Waals surface area contributed by atoms with E-state index in [-0.39, 0.29) is 12.6 Å². The first-order chi connectivity index (χ1) is 11.2. The third-order valence-electron chi connectivity index (χ3n) is 4.85. The van der Waals surface area contributed by atoms with Gasteiger partial charge in [0.05, 0.1) is 18.2 Å². The predicted molar refractivity (Wildman–Crippen MR) is 87.6 cm³/mol. The molecule has 1 atom stereocenters. The molecule has 2 saturated heterocycles. The zero-order chi connectivity index (χ0) is 16.1. The Hall–Kier alpha value is -1.44. The molecule has 1 aromatic rings. The SMILES string of the molecule is OCC1CCCN1c1cc(NCCC2(O)CCOCC2)ncn1. The molecule has 0 spiro atoms. The monoisotopic (exact) mass is 322 g/mol. The van der Waals surface area contributed by atoms with Crippen LogP contribution in [0.25, 0.3) is 0 Å². The van der Waals surface area contributed by atoms with Crippen LogP contribution in [0, 0.1) is 0 Å². The van der Waals surface area contributed by atoms with Crippen LogP contribution in [0.5, 0.6) is 0 Å². The lowest BCUT2D eigenvalue weighted by molar-refractivity contribution is -0.0657. The average molecular weight is 322 g/mol. The molecular weight excluding hydrogens is 296 g/mol. The molecule has 0 amide bonds. The van der Waals surface area contributed by atoms with Gasteiger partial charge in [0, 0.05) is 32.4 Å². The van der Waals surface area contributed by atoms with E-state index >= 15 is 0 Å². The number of ether oxygens (including phenoxy) is 1. The fraction of sp³-hybridized carbons (Fsp3) is 0.750. The first kappa shape index (κ1) is 16.4. The maximum absolute atomic E-state index is 10.5. The highest BCUT2D eigenvalue weighted by Gasteiger charge is 2.29. The Morgan fingerprint density at radius 3 is 2.96 bits per heavy atom. The summed E-state index contributed by atoms with van der Waals surface area (Å²) in [4.78, 5) is 10.7. The van der Waals surface area contributed by atoms with Gasteiger partial charge in [-0.05, 0) is 32.1 Å². The van der Waals surface area contributed by atoms with Crippen molar-refractivity contribution in [2.75, 3.05) is 43.1 Å². The summed E-state index contributed by atoms with van der Waals surface area (Å²) in [7, 11) is 0. The van der Waals surface area contributed by atoms with E-state index in [1.54, 1.807) is 6.33 Å². The Bertz CT molecular complexity index is 508. The van der Waals surface area contributed by atoms with E-state index in [0.29, 0.717) is 39.0 Å². The molecule has 2 fully saturated rings. The van der Waals surface area contributed by atoms with Crippen LogP contribution < -0.4 is 10.2 Å². The molecule has 2 aliphatic heterocycles. The van der Waals surface area contributed by atoms with Crippen LogP contribution in [-0.4, -0.2) is 64.7 Å². The average Bonchev–Trinajstić information content (AvgIpc) is 3.04. The Morgan fingerprint density at radius 1 is 1.35 bits per heavy atom. The summed E-state index contributed by atoms with van der Waals surface area (Å²) in [5.74, 6) is 1.61. The molecule has 1 unspecified atom stereocenters. The third-order valence-corrected chi connectivity index (χ3v) is 4.85. The number of hydrogen-bond acceptors (Lipinski definition) is 7. The van der Waals surface area contributed by atoms with E-state index in [1.165, 1.54) is 0 Å². The topological polar surface area (TPSA) is 90.7 Å². The minimum absolute atomic E-state index is 0.153. The molecule has 3 rings (SSSR count). The van der Waals surface area contributed by atoms with Crippen LogP contribution in [0.4, 0.5) is 11.6 Å². The zero-order valence-corrected chi connectivity index (χ0v) is 13.4. The van der Waals surface area contributed by atoms with Gasteiger partial charge in [0.1, 0.15) is 18.0 Å². The highest BCUT2D eigenvalue weighted by atomic mass is 16.5. The normalized spacial score (nSPS) is 23.9. The lowest BCUT2D eigenvalue weighted by Gasteiger charge is -2.32. The van der Waals surface area contributed by atoms with Gasteiger partial charge in [-0.2, -0.15) is 0 Å². The summed E-state index contributed by atoms with van der Waals surface area (Å²) in [6.07, 6.45) is 5.68. The number of aliphatic hydroxyl groups excluding tert-OH is 1. The Labute approximate surface area is 136 Å². The summed E-state index contributed by atoms with van der Waals surface area (Å²) in [5.41, 5.74) is -0.627. The van der Waals surface area contributed by atoms with Gasteiger partial charge in [0.25, 0.3) is 0 Å². The largest absolute Gasteiger partial charge is 0.394 e. The number of hydrogen-bond donors (Lipinski definition) is 3. The van der Waals surface area contributed by atoms with E-state index in [9.17, 15) is 10.2 Å². The predicted octanol–water partition coefficient (Wildman–Crippen LogP) is 0.781. The Kier molecular flexibility index (Phi) is 5.30. The Balaban J connectivity index is 1.55. The standard InChI is InChI=1S/C16H26N4O3/c21-11-13-2-1-7-20(13)15-10-14(18-12-19-15)17-6-3-16(22)4-8-23-9-5-16/h10,12-13,21-22H,1-9,11H2,(H,17,18,19). The van der Waals surface area contributed by atoms with Gasteiger partial charge in [-0.25, -0.2) is 9.97 Å². The maximum Gasteiger partial charge on any atom is 0.134 e. The fourth-order valence-corrected chi connectivity index (χ4v) is 3.35. The molecule has 23 heavy (non-hydrogen) atoms. The maximum atomic E-state index is 10.5. The second-order valence-electron chi connectivity index (χ2n) is 6.45. The van der Waals surface area contributed by atoms with Gasteiger partial charge in [0.15, 0.2) is 0 Å². The van der Waals surface area contributed by atoms with Crippen molar-refractivity contribution in [2.45, 2.75) is 43.7 Å². The molecule has 128 valence electrons. The molecule has 0 aliphatic carbocycles. The van der Waals surface area contributed by atoms with E-state index in [2.05, 4.69) is 20.2 Å². The van der Waals surface area contributed by atoms with Crippen molar-refractivity contribution in [3.05, 3.63) is 12.4 Å².